The molecule has 0 saturated carbocycles. The fraction of sp³-hybridized carbons (Fsp3) is 0.407. The first-order valence-electron chi connectivity index (χ1n) is 12.9. The first-order valence-corrected chi connectivity index (χ1v) is 13.8. The summed E-state index contributed by atoms with van der Waals surface area (Å²) >= 11 is 1.64. The maximum Gasteiger partial charge on any atom is 0.251 e. The quantitative estimate of drug-likeness (QED) is 0.313. The van der Waals surface area contributed by atoms with Gasteiger partial charge in [0.2, 0.25) is 0 Å². The third kappa shape index (κ3) is 5.36. The van der Waals surface area contributed by atoms with E-state index in [9.17, 15) is 9.90 Å². The van der Waals surface area contributed by atoms with Gasteiger partial charge in [0, 0.05) is 44.0 Å². The van der Waals surface area contributed by atoms with Gasteiger partial charge >= 0.3 is 0 Å². The molecule has 1 aliphatic rings. The summed E-state index contributed by atoms with van der Waals surface area (Å²) in [5, 5.41) is 19.0. The van der Waals surface area contributed by atoms with Crippen LogP contribution in [0, 0.1) is 0 Å². The fourth-order valence-electron chi connectivity index (χ4n) is 4.68. The van der Waals surface area contributed by atoms with Gasteiger partial charge in [-0.1, -0.05) is 19.9 Å². The Morgan fingerprint density at radius 3 is 2.76 bits per heavy atom. The van der Waals surface area contributed by atoms with Crippen molar-refractivity contribution < 1.29 is 9.90 Å². The van der Waals surface area contributed by atoms with Crippen LogP contribution < -0.4 is 10.2 Å². The minimum absolute atomic E-state index is 0.104. The number of aliphatic hydroxyl groups excluding tert-OH is 1. The number of anilines is 1. The molecule has 2 N–H and O–H groups in total. The lowest BCUT2D eigenvalue weighted by atomic mass is 10.1. The highest BCUT2D eigenvalue weighted by Gasteiger charge is 2.22. The lowest BCUT2D eigenvalue weighted by molar-refractivity contribution is 0.0925. The van der Waals surface area contributed by atoms with Crippen molar-refractivity contribution in [2.45, 2.75) is 32.7 Å². The molecule has 0 unspecified atom stereocenters. The third-order valence-corrected chi connectivity index (χ3v) is 7.84. The van der Waals surface area contributed by atoms with Crippen LogP contribution in [-0.4, -0.2) is 80.9 Å². The van der Waals surface area contributed by atoms with E-state index in [1.54, 1.807) is 22.0 Å². The number of aromatic nitrogens is 4. The molecule has 1 atom stereocenters. The van der Waals surface area contributed by atoms with Gasteiger partial charge in [0.25, 0.3) is 5.91 Å². The van der Waals surface area contributed by atoms with Gasteiger partial charge in [-0.05, 0) is 49.0 Å². The van der Waals surface area contributed by atoms with Crippen molar-refractivity contribution in [3.05, 3.63) is 53.7 Å². The van der Waals surface area contributed by atoms with Crippen molar-refractivity contribution in [1.82, 2.24) is 29.8 Å². The van der Waals surface area contributed by atoms with Crippen LogP contribution in [-0.2, 0) is 0 Å². The van der Waals surface area contributed by atoms with Gasteiger partial charge in [-0.2, -0.15) is 5.10 Å². The highest BCUT2D eigenvalue weighted by molar-refractivity contribution is 7.13. The van der Waals surface area contributed by atoms with E-state index in [0.29, 0.717) is 30.0 Å². The SMILES string of the molecule is CC[C@@H](CNC(=O)c1cc(-c2cnn3ccc(-c4cccs4)nc23)nc(N2CCC2)c1)N(CC)CCO. The first-order chi connectivity index (χ1) is 18.1. The van der Waals surface area contributed by atoms with E-state index in [4.69, 9.17) is 9.97 Å². The molecule has 0 spiro atoms. The summed E-state index contributed by atoms with van der Waals surface area (Å²) in [7, 11) is 0. The molecule has 5 rings (SSSR count). The number of hydrogen-bond acceptors (Lipinski definition) is 8. The van der Waals surface area contributed by atoms with E-state index in [1.807, 2.05) is 35.8 Å². The molecule has 0 aliphatic carbocycles. The van der Waals surface area contributed by atoms with Gasteiger partial charge < -0.3 is 15.3 Å². The van der Waals surface area contributed by atoms with Crippen molar-refractivity contribution in [3.8, 4) is 21.8 Å². The largest absolute Gasteiger partial charge is 0.395 e. The van der Waals surface area contributed by atoms with Crippen LogP contribution in [0.4, 0.5) is 5.82 Å². The molecule has 37 heavy (non-hydrogen) atoms. The van der Waals surface area contributed by atoms with Gasteiger partial charge in [-0.3, -0.25) is 9.69 Å². The van der Waals surface area contributed by atoms with Crippen LogP contribution in [0.15, 0.2) is 48.1 Å². The van der Waals surface area contributed by atoms with Crippen molar-refractivity contribution in [2.75, 3.05) is 44.2 Å². The summed E-state index contributed by atoms with van der Waals surface area (Å²) in [6.07, 6.45) is 5.68. The normalized spacial score (nSPS) is 14.2. The molecule has 5 heterocycles. The molecule has 10 heteroatoms. The molecule has 4 aromatic heterocycles. The van der Waals surface area contributed by atoms with E-state index < -0.39 is 0 Å². The Kier molecular flexibility index (Phi) is 7.78. The lowest BCUT2D eigenvalue weighted by Crippen LogP contribution is -2.44. The average molecular weight is 520 g/mol. The predicted octanol–water partition coefficient (Wildman–Crippen LogP) is 3.55. The standard InChI is InChI=1S/C27H33N7O2S/c1-3-20(32(4-2)12-13-35)17-28-27(36)19-15-23(30-25(16-19)33-9-6-10-33)21-18-29-34-11-8-22(31-26(21)34)24-7-5-14-37-24/h5,7-8,11,14-16,18,20,35H,3-4,6,9-10,12-13,17H2,1-2H3,(H,28,36)/t20-/m0/s1. The van der Waals surface area contributed by atoms with Gasteiger partial charge in [-0.25, -0.2) is 14.5 Å². The Morgan fingerprint density at radius 1 is 1.22 bits per heavy atom. The number of carbonyl (C=O) groups excluding carboxylic acids is 1. The number of thiophene rings is 1. The number of carbonyl (C=O) groups is 1. The number of aliphatic hydroxyl groups is 1. The second kappa shape index (κ2) is 11.4. The Hall–Kier alpha value is -3.34. The number of amides is 1. The predicted molar refractivity (Wildman–Crippen MR) is 147 cm³/mol. The van der Waals surface area contributed by atoms with Crippen molar-refractivity contribution in [1.29, 1.82) is 0 Å². The number of nitrogens with zero attached hydrogens (tertiary/aromatic N) is 6. The monoisotopic (exact) mass is 519 g/mol. The summed E-state index contributed by atoms with van der Waals surface area (Å²) in [6, 6.07) is 9.89. The summed E-state index contributed by atoms with van der Waals surface area (Å²) in [5.74, 6) is 0.665. The zero-order chi connectivity index (χ0) is 25.8. The number of rotatable bonds is 11. The smallest absolute Gasteiger partial charge is 0.251 e. The Labute approximate surface area is 220 Å². The number of likely N-dealkylation sites (N-methyl/N-ethyl adjacent to an activating group) is 1. The molecule has 4 aromatic rings. The lowest BCUT2D eigenvalue weighted by Gasteiger charge is -2.32. The van der Waals surface area contributed by atoms with Crippen molar-refractivity contribution in [2.24, 2.45) is 0 Å². The second-order valence-corrected chi connectivity index (χ2v) is 10.1. The zero-order valence-corrected chi connectivity index (χ0v) is 22.1. The minimum atomic E-state index is -0.132. The molecule has 194 valence electrons. The van der Waals surface area contributed by atoms with E-state index >= 15 is 0 Å². The average Bonchev–Trinajstić information content (AvgIpc) is 3.57. The van der Waals surface area contributed by atoms with Crippen LogP contribution in [0.3, 0.4) is 0 Å². The molecule has 1 aliphatic heterocycles. The van der Waals surface area contributed by atoms with Crippen LogP contribution in [0.2, 0.25) is 0 Å². The molecular weight excluding hydrogens is 486 g/mol. The maximum absolute atomic E-state index is 13.3. The minimum Gasteiger partial charge on any atom is -0.395 e. The Bertz CT molecular complexity index is 1350. The molecule has 1 amide bonds. The summed E-state index contributed by atoms with van der Waals surface area (Å²) < 4.78 is 1.75. The number of hydrogen-bond donors (Lipinski definition) is 2. The van der Waals surface area contributed by atoms with Gasteiger partial charge in [-0.15, -0.1) is 11.3 Å². The van der Waals surface area contributed by atoms with Gasteiger partial charge in [0.1, 0.15) is 5.82 Å². The topological polar surface area (TPSA) is 98.9 Å². The van der Waals surface area contributed by atoms with Crippen LogP contribution in [0.25, 0.3) is 27.5 Å². The fourth-order valence-corrected chi connectivity index (χ4v) is 5.37. The zero-order valence-electron chi connectivity index (χ0n) is 21.3. The second-order valence-electron chi connectivity index (χ2n) is 9.18. The van der Waals surface area contributed by atoms with Crippen LogP contribution in [0.1, 0.15) is 37.0 Å². The molecular formula is C27H33N7O2S. The van der Waals surface area contributed by atoms with E-state index in [2.05, 4.69) is 40.1 Å². The highest BCUT2D eigenvalue weighted by Crippen LogP contribution is 2.30. The van der Waals surface area contributed by atoms with Crippen LogP contribution in [0.5, 0.6) is 0 Å². The van der Waals surface area contributed by atoms with Crippen molar-refractivity contribution in [3.63, 3.8) is 0 Å². The number of pyridine rings is 1. The molecule has 1 saturated heterocycles. The number of nitrogens with one attached hydrogen (secondary N) is 1. The van der Waals surface area contributed by atoms with E-state index in [-0.39, 0.29) is 18.6 Å². The molecule has 1 fully saturated rings. The van der Waals surface area contributed by atoms with Gasteiger partial charge in [0.15, 0.2) is 5.65 Å². The Morgan fingerprint density at radius 2 is 2.08 bits per heavy atom. The highest BCUT2D eigenvalue weighted by atomic mass is 32.1. The summed E-state index contributed by atoms with van der Waals surface area (Å²) in [5.41, 5.74) is 3.64. The van der Waals surface area contributed by atoms with Crippen molar-refractivity contribution >= 4 is 28.7 Å². The van der Waals surface area contributed by atoms with E-state index in [1.165, 1.54) is 0 Å². The number of fused-ring (bicyclic) bond motifs is 1. The molecule has 0 aromatic carbocycles. The van der Waals surface area contributed by atoms with Gasteiger partial charge in [0.05, 0.1) is 34.6 Å². The maximum atomic E-state index is 13.3. The summed E-state index contributed by atoms with van der Waals surface area (Å²) in [4.78, 5) is 28.6. The van der Waals surface area contributed by atoms with E-state index in [0.717, 1.165) is 54.4 Å². The Balaban J connectivity index is 1.46. The molecule has 0 radical (unpaired) electrons. The third-order valence-electron chi connectivity index (χ3n) is 6.95. The summed E-state index contributed by atoms with van der Waals surface area (Å²) in [6.45, 7) is 8.07. The molecule has 0 bridgehead atoms. The first kappa shape index (κ1) is 25.3. The molecule has 9 nitrogen and oxygen atoms in total. The van der Waals surface area contributed by atoms with Crippen LogP contribution >= 0.6 is 11.3 Å².